The third-order valence-corrected chi connectivity index (χ3v) is 8.26. The highest BCUT2D eigenvalue weighted by molar-refractivity contribution is 7.93. The first-order valence-corrected chi connectivity index (χ1v) is 13.5. The largest absolute Gasteiger partial charge is 0.495 e. The van der Waals surface area contributed by atoms with E-state index in [0.29, 0.717) is 18.8 Å². The van der Waals surface area contributed by atoms with Crippen LogP contribution < -0.4 is 9.04 Å². The number of methoxy groups -OCH3 is 1. The Bertz CT molecular complexity index is 1290. The quantitative estimate of drug-likeness (QED) is 0.463. The van der Waals surface area contributed by atoms with Gasteiger partial charge in [-0.15, -0.1) is 0 Å². The summed E-state index contributed by atoms with van der Waals surface area (Å²) in [5.74, 6) is 0.0322. The SMILES string of the molecule is COc1ccc(C)cc1S(=O)(=O)N(CC(=O)N1CCN(Cc2ccccc2)CC1)c1ccc(C)cc1. The fourth-order valence-electron chi connectivity index (χ4n) is 4.35. The molecule has 0 aromatic heterocycles. The summed E-state index contributed by atoms with van der Waals surface area (Å²) in [4.78, 5) is 17.5. The number of anilines is 1. The fourth-order valence-corrected chi connectivity index (χ4v) is 6.01. The Labute approximate surface area is 214 Å². The van der Waals surface area contributed by atoms with E-state index in [-0.39, 0.29) is 23.1 Å². The van der Waals surface area contributed by atoms with Crippen molar-refractivity contribution in [2.75, 3.05) is 44.1 Å². The van der Waals surface area contributed by atoms with E-state index in [1.807, 2.05) is 44.2 Å². The van der Waals surface area contributed by atoms with Crippen LogP contribution in [0.3, 0.4) is 0 Å². The van der Waals surface area contributed by atoms with Gasteiger partial charge in [-0.3, -0.25) is 14.0 Å². The Balaban J connectivity index is 1.54. The van der Waals surface area contributed by atoms with Crippen LogP contribution in [-0.2, 0) is 21.4 Å². The van der Waals surface area contributed by atoms with Crippen LogP contribution in [0.4, 0.5) is 5.69 Å². The second-order valence-corrected chi connectivity index (χ2v) is 11.0. The average Bonchev–Trinajstić information content (AvgIpc) is 2.88. The number of benzene rings is 3. The summed E-state index contributed by atoms with van der Waals surface area (Å²) in [5.41, 5.74) is 3.48. The Morgan fingerprint density at radius 1 is 0.889 bits per heavy atom. The van der Waals surface area contributed by atoms with Gasteiger partial charge in [0.25, 0.3) is 10.0 Å². The minimum absolute atomic E-state index is 0.0473. The Morgan fingerprint density at radius 2 is 1.53 bits per heavy atom. The van der Waals surface area contributed by atoms with E-state index in [2.05, 4.69) is 17.0 Å². The van der Waals surface area contributed by atoms with E-state index in [4.69, 9.17) is 4.74 Å². The molecule has 0 N–H and O–H groups in total. The van der Waals surface area contributed by atoms with Crippen molar-refractivity contribution >= 4 is 21.6 Å². The second kappa shape index (κ2) is 11.1. The number of hydrogen-bond donors (Lipinski definition) is 0. The summed E-state index contributed by atoms with van der Waals surface area (Å²) in [5, 5.41) is 0. The topological polar surface area (TPSA) is 70.2 Å². The molecule has 0 unspecified atom stereocenters. The number of hydrogen-bond acceptors (Lipinski definition) is 5. The molecule has 0 saturated carbocycles. The van der Waals surface area contributed by atoms with Gasteiger partial charge in [0.05, 0.1) is 12.8 Å². The summed E-state index contributed by atoms with van der Waals surface area (Å²) in [7, 11) is -2.62. The standard InChI is InChI=1S/C28H33N3O4S/c1-22-9-12-25(13-10-22)31(36(33,34)27-19-23(2)11-14-26(27)35-3)21-28(32)30-17-15-29(16-18-30)20-24-7-5-4-6-8-24/h4-14,19H,15-18,20-21H2,1-3H3. The molecule has 0 radical (unpaired) electrons. The molecule has 0 bridgehead atoms. The molecule has 0 spiro atoms. The number of carbonyl (C=O) groups excluding carboxylic acids is 1. The smallest absolute Gasteiger partial charge is 0.268 e. The van der Waals surface area contributed by atoms with Crippen LogP contribution in [0, 0.1) is 13.8 Å². The lowest BCUT2D eigenvalue weighted by molar-refractivity contribution is -0.131. The van der Waals surface area contributed by atoms with Crippen molar-refractivity contribution in [3.05, 3.63) is 89.5 Å². The molecule has 0 aliphatic carbocycles. The van der Waals surface area contributed by atoms with E-state index < -0.39 is 10.0 Å². The summed E-state index contributed by atoms with van der Waals surface area (Å²) >= 11 is 0. The van der Waals surface area contributed by atoms with Crippen molar-refractivity contribution < 1.29 is 17.9 Å². The van der Waals surface area contributed by atoms with Gasteiger partial charge >= 0.3 is 0 Å². The van der Waals surface area contributed by atoms with Crippen LogP contribution >= 0.6 is 0 Å². The molecule has 1 aliphatic rings. The molecule has 1 saturated heterocycles. The second-order valence-electron chi connectivity index (χ2n) is 9.14. The number of nitrogens with zero attached hydrogens (tertiary/aromatic N) is 3. The lowest BCUT2D eigenvalue weighted by Gasteiger charge is -2.36. The molecule has 8 heteroatoms. The minimum atomic E-state index is -4.07. The Morgan fingerprint density at radius 3 is 2.17 bits per heavy atom. The lowest BCUT2D eigenvalue weighted by Crippen LogP contribution is -2.51. The summed E-state index contributed by atoms with van der Waals surface area (Å²) in [6.07, 6.45) is 0. The van der Waals surface area contributed by atoms with Gasteiger partial charge in [-0.25, -0.2) is 8.42 Å². The highest BCUT2D eigenvalue weighted by Crippen LogP contribution is 2.31. The van der Waals surface area contributed by atoms with Crippen LogP contribution in [-0.4, -0.2) is 64.0 Å². The third-order valence-electron chi connectivity index (χ3n) is 6.46. The van der Waals surface area contributed by atoms with Gasteiger partial charge in [0.1, 0.15) is 17.2 Å². The van der Waals surface area contributed by atoms with Crippen LogP contribution in [0.15, 0.2) is 77.7 Å². The maximum absolute atomic E-state index is 13.9. The van der Waals surface area contributed by atoms with Crippen molar-refractivity contribution in [2.24, 2.45) is 0 Å². The molecule has 0 atom stereocenters. The molecule has 3 aromatic carbocycles. The molecule has 1 heterocycles. The maximum atomic E-state index is 13.9. The van der Waals surface area contributed by atoms with Crippen molar-refractivity contribution in [2.45, 2.75) is 25.3 Å². The van der Waals surface area contributed by atoms with E-state index in [1.165, 1.54) is 17.0 Å². The van der Waals surface area contributed by atoms with Gasteiger partial charge < -0.3 is 9.64 Å². The van der Waals surface area contributed by atoms with Crippen molar-refractivity contribution in [1.29, 1.82) is 0 Å². The molecule has 1 aliphatic heterocycles. The number of piperazine rings is 1. The number of sulfonamides is 1. The maximum Gasteiger partial charge on any atom is 0.268 e. The number of ether oxygens (including phenoxy) is 1. The first kappa shape index (κ1) is 25.7. The van der Waals surface area contributed by atoms with Gasteiger partial charge in [-0.05, 0) is 49.2 Å². The van der Waals surface area contributed by atoms with E-state index in [9.17, 15) is 13.2 Å². The minimum Gasteiger partial charge on any atom is -0.495 e. The molecule has 3 aromatic rings. The highest BCUT2D eigenvalue weighted by atomic mass is 32.2. The fraction of sp³-hybridized carbons (Fsp3) is 0.321. The van der Waals surface area contributed by atoms with Gasteiger partial charge in [0.15, 0.2) is 0 Å². The predicted molar refractivity (Wildman–Crippen MR) is 142 cm³/mol. The molecule has 36 heavy (non-hydrogen) atoms. The number of aryl methyl sites for hydroxylation is 2. The van der Waals surface area contributed by atoms with E-state index >= 15 is 0 Å². The molecule has 7 nitrogen and oxygen atoms in total. The Hall–Kier alpha value is -3.36. The van der Waals surface area contributed by atoms with Crippen molar-refractivity contribution in [3.8, 4) is 5.75 Å². The summed E-state index contributed by atoms with van der Waals surface area (Å²) in [6, 6.07) is 22.4. The van der Waals surface area contributed by atoms with Gasteiger partial charge in [-0.1, -0.05) is 54.1 Å². The zero-order valence-corrected chi connectivity index (χ0v) is 21.9. The molecular formula is C28H33N3O4S. The summed E-state index contributed by atoms with van der Waals surface area (Å²) in [6.45, 7) is 6.91. The highest BCUT2D eigenvalue weighted by Gasteiger charge is 2.32. The molecule has 190 valence electrons. The number of carbonyl (C=O) groups is 1. The van der Waals surface area contributed by atoms with Gasteiger partial charge in [0, 0.05) is 32.7 Å². The molecule has 4 rings (SSSR count). The average molecular weight is 508 g/mol. The normalized spacial score (nSPS) is 14.5. The zero-order valence-electron chi connectivity index (χ0n) is 21.1. The van der Waals surface area contributed by atoms with Crippen LogP contribution in [0.25, 0.3) is 0 Å². The third kappa shape index (κ3) is 5.88. The molecular weight excluding hydrogens is 474 g/mol. The predicted octanol–water partition coefficient (Wildman–Crippen LogP) is 3.85. The monoisotopic (exact) mass is 507 g/mol. The van der Waals surface area contributed by atoms with Crippen molar-refractivity contribution in [3.63, 3.8) is 0 Å². The molecule has 1 amide bonds. The van der Waals surface area contributed by atoms with Gasteiger partial charge in [0.2, 0.25) is 5.91 Å². The van der Waals surface area contributed by atoms with Crippen LogP contribution in [0.1, 0.15) is 16.7 Å². The number of rotatable bonds is 8. The number of amides is 1. The van der Waals surface area contributed by atoms with Crippen LogP contribution in [0.2, 0.25) is 0 Å². The van der Waals surface area contributed by atoms with Crippen molar-refractivity contribution in [1.82, 2.24) is 9.80 Å². The zero-order chi connectivity index (χ0) is 25.7. The first-order valence-electron chi connectivity index (χ1n) is 12.1. The Kier molecular flexibility index (Phi) is 7.96. The van der Waals surface area contributed by atoms with E-state index in [0.717, 1.165) is 30.8 Å². The lowest BCUT2D eigenvalue weighted by atomic mass is 10.2. The van der Waals surface area contributed by atoms with Crippen LogP contribution in [0.5, 0.6) is 5.75 Å². The first-order chi connectivity index (χ1) is 17.3. The van der Waals surface area contributed by atoms with Gasteiger partial charge in [-0.2, -0.15) is 0 Å². The van der Waals surface area contributed by atoms with E-state index in [1.54, 1.807) is 35.2 Å². The summed E-state index contributed by atoms with van der Waals surface area (Å²) < 4.78 is 34.3. The molecule has 1 fully saturated rings.